The number of carbonyl (C=O) groups is 2. The molecule has 1 radical (unpaired) electrons. The Morgan fingerprint density at radius 1 is 1.42 bits per heavy atom. The summed E-state index contributed by atoms with van der Waals surface area (Å²) in [6.45, 7) is -0.235. The van der Waals surface area contributed by atoms with Crippen molar-refractivity contribution in [1.29, 1.82) is 0 Å². The summed E-state index contributed by atoms with van der Waals surface area (Å²) in [4.78, 5) is 25.3. The molecule has 1 atom stereocenters. The van der Waals surface area contributed by atoms with Crippen LogP contribution in [-0.4, -0.2) is 34.6 Å². The molecular formula is C13H14N3O3. The molecule has 1 heterocycles. The fourth-order valence-corrected chi connectivity index (χ4v) is 1.88. The van der Waals surface area contributed by atoms with E-state index in [1.54, 1.807) is 0 Å². The number of fused-ring (bicyclic) bond motifs is 1. The zero-order valence-electron chi connectivity index (χ0n) is 10.1. The lowest BCUT2D eigenvalue weighted by Crippen LogP contribution is -2.44. The van der Waals surface area contributed by atoms with Gasteiger partial charge in [0, 0.05) is 17.3 Å². The average molecular weight is 260 g/mol. The number of aromatic amines is 1. The number of H-pyrrole nitrogens is 1. The lowest BCUT2D eigenvalue weighted by molar-refractivity contribution is -0.141. The number of aliphatic carboxylic acids is 1. The van der Waals surface area contributed by atoms with Gasteiger partial charge in [-0.25, -0.2) is 4.79 Å². The van der Waals surface area contributed by atoms with Gasteiger partial charge < -0.3 is 21.1 Å². The maximum atomic E-state index is 11.2. The number of carbonyl (C=O) groups excluding carboxylic acids is 1. The van der Waals surface area contributed by atoms with Crippen molar-refractivity contribution in [3.8, 4) is 0 Å². The number of nitrogens with one attached hydrogen (secondary N) is 2. The third-order valence-corrected chi connectivity index (χ3v) is 2.83. The first-order chi connectivity index (χ1) is 9.11. The van der Waals surface area contributed by atoms with Crippen LogP contribution in [0.1, 0.15) is 5.56 Å². The Morgan fingerprint density at radius 2 is 2.16 bits per heavy atom. The van der Waals surface area contributed by atoms with Gasteiger partial charge in [0.2, 0.25) is 5.91 Å². The molecule has 6 heteroatoms. The van der Waals surface area contributed by atoms with E-state index in [0.29, 0.717) is 0 Å². The van der Waals surface area contributed by atoms with E-state index in [0.717, 1.165) is 16.5 Å². The van der Waals surface area contributed by atoms with Crippen LogP contribution in [-0.2, 0) is 16.0 Å². The Hall–Kier alpha value is -2.34. The van der Waals surface area contributed by atoms with Gasteiger partial charge in [-0.1, -0.05) is 18.2 Å². The van der Waals surface area contributed by atoms with Crippen LogP contribution in [0.25, 0.3) is 10.9 Å². The number of carboxylic acid groups (broad SMARTS) is 1. The first kappa shape index (κ1) is 13.1. The Labute approximate surface area is 109 Å². The van der Waals surface area contributed by atoms with Crippen molar-refractivity contribution in [2.24, 2.45) is 5.73 Å². The summed E-state index contributed by atoms with van der Waals surface area (Å²) < 4.78 is 0. The Bertz CT molecular complexity index is 606. The molecule has 0 fully saturated rings. The monoisotopic (exact) mass is 260 g/mol. The van der Waals surface area contributed by atoms with E-state index >= 15 is 0 Å². The third kappa shape index (κ3) is 2.92. The van der Waals surface area contributed by atoms with Gasteiger partial charge in [-0.2, -0.15) is 0 Å². The van der Waals surface area contributed by atoms with Crippen LogP contribution < -0.4 is 11.1 Å². The minimum Gasteiger partial charge on any atom is -0.480 e. The highest BCUT2D eigenvalue weighted by Gasteiger charge is 2.21. The van der Waals surface area contributed by atoms with Crippen molar-refractivity contribution < 1.29 is 14.7 Å². The van der Waals surface area contributed by atoms with Crippen LogP contribution >= 0.6 is 0 Å². The van der Waals surface area contributed by atoms with Crippen LogP contribution in [0.2, 0.25) is 0 Å². The van der Waals surface area contributed by atoms with Crippen LogP contribution in [0.15, 0.2) is 24.3 Å². The topological polar surface area (TPSA) is 108 Å². The zero-order valence-corrected chi connectivity index (χ0v) is 10.1. The van der Waals surface area contributed by atoms with E-state index in [2.05, 4.69) is 16.5 Å². The van der Waals surface area contributed by atoms with Gasteiger partial charge in [0.1, 0.15) is 6.04 Å². The first-order valence-electron chi connectivity index (χ1n) is 5.81. The van der Waals surface area contributed by atoms with E-state index in [9.17, 15) is 9.59 Å². The van der Waals surface area contributed by atoms with Crippen LogP contribution in [0.5, 0.6) is 0 Å². The molecule has 1 aromatic carbocycles. The van der Waals surface area contributed by atoms with Crippen LogP contribution in [0.4, 0.5) is 0 Å². The highest BCUT2D eigenvalue weighted by atomic mass is 16.4. The summed E-state index contributed by atoms with van der Waals surface area (Å²) in [6, 6.07) is 6.49. The van der Waals surface area contributed by atoms with Crippen molar-refractivity contribution in [2.75, 3.05) is 6.54 Å². The van der Waals surface area contributed by atoms with Crippen molar-refractivity contribution in [1.82, 2.24) is 10.3 Å². The SMILES string of the molecule is NCC(=O)NC(Cc1[c][nH]c2ccccc12)C(=O)O. The molecule has 99 valence electrons. The number of carboxylic acids is 1. The number of hydrogen-bond donors (Lipinski definition) is 4. The second-order valence-corrected chi connectivity index (χ2v) is 4.14. The maximum absolute atomic E-state index is 11.2. The molecule has 0 saturated carbocycles. The van der Waals surface area contributed by atoms with E-state index < -0.39 is 17.9 Å². The number of hydrogen-bond acceptors (Lipinski definition) is 3. The number of aromatic nitrogens is 1. The van der Waals surface area contributed by atoms with Gasteiger partial charge in [-0.05, 0) is 11.6 Å². The molecule has 2 rings (SSSR count). The number of amides is 1. The molecule has 0 aliphatic rings. The van der Waals surface area contributed by atoms with Gasteiger partial charge in [0.15, 0.2) is 0 Å². The number of benzene rings is 1. The van der Waals surface area contributed by atoms with Crippen molar-refractivity contribution in [3.63, 3.8) is 0 Å². The second kappa shape index (κ2) is 5.53. The number of rotatable bonds is 5. The molecular weight excluding hydrogens is 246 g/mol. The van der Waals surface area contributed by atoms with E-state index in [1.807, 2.05) is 24.3 Å². The largest absolute Gasteiger partial charge is 0.480 e. The van der Waals surface area contributed by atoms with Gasteiger partial charge in [0.25, 0.3) is 0 Å². The lowest BCUT2D eigenvalue weighted by atomic mass is 10.1. The van der Waals surface area contributed by atoms with Crippen molar-refractivity contribution in [3.05, 3.63) is 36.0 Å². The van der Waals surface area contributed by atoms with Crippen LogP contribution in [0, 0.1) is 6.20 Å². The van der Waals surface area contributed by atoms with Gasteiger partial charge in [-0.15, -0.1) is 0 Å². The van der Waals surface area contributed by atoms with E-state index in [1.165, 1.54) is 0 Å². The summed E-state index contributed by atoms with van der Waals surface area (Å²) in [5.74, 6) is -1.59. The Morgan fingerprint density at radius 3 is 2.84 bits per heavy atom. The molecule has 1 aromatic heterocycles. The Kier molecular flexibility index (Phi) is 3.82. The first-order valence-corrected chi connectivity index (χ1v) is 5.81. The van der Waals surface area contributed by atoms with E-state index in [4.69, 9.17) is 10.8 Å². The lowest BCUT2D eigenvalue weighted by Gasteiger charge is -2.13. The van der Waals surface area contributed by atoms with E-state index in [-0.39, 0.29) is 13.0 Å². The fraction of sp³-hybridized carbons (Fsp3) is 0.231. The molecule has 1 unspecified atom stereocenters. The summed E-state index contributed by atoms with van der Waals surface area (Å²) in [6.07, 6.45) is 3.08. The molecule has 1 amide bonds. The molecule has 6 nitrogen and oxygen atoms in total. The number of nitrogens with two attached hydrogens (primary N) is 1. The minimum atomic E-state index is -1.10. The molecule has 0 aliphatic carbocycles. The van der Waals surface area contributed by atoms with Crippen molar-refractivity contribution >= 4 is 22.8 Å². The highest BCUT2D eigenvalue weighted by molar-refractivity contribution is 5.87. The Balaban J connectivity index is 2.21. The van der Waals surface area contributed by atoms with Gasteiger partial charge in [0.05, 0.1) is 12.7 Å². The minimum absolute atomic E-state index is 0.158. The molecule has 0 aliphatic heterocycles. The predicted octanol–water partition coefficient (Wildman–Crippen LogP) is 0.0387. The quantitative estimate of drug-likeness (QED) is 0.608. The highest BCUT2D eigenvalue weighted by Crippen LogP contribution is 2.18. The molecule has 2 aromatic rings. The van der Waals surface area contributed by atoms with Gasteiger partial charge in [-0.3, -0.25) is 4.79 Å². The summed E-state index contributed by atoms with van der Waals surface area (Å²) in [5, 5.41) is 12.4. The third-order valence-electron chi connectivity index (χ3n) is 2.83. The summed E-state index contributed by atoms with van der Waals surface area (Å²) in [7, 11) is 0. The summed E-state index contributed by atoms with van der Waals surface area (Å²) in [5.41, 5.74) is 6.77. The molecule has 0 spiro atoms. The predicted molar refractivity (Wildman–Crippen MR) is 69.5 cm³/mol. The molecule has 0 bridgehead atoms. The summed E-state index contributed by atoms with van der Waals surface area (Å²) >= 11 is 0. The second-order valence-electron chi connectivity index (χ2n) is 4.14. The van der Waals surface area contributed by atoms with Gasteiger partial charge >= 0.3 is 5.97 Å². The maximum Gasteiger partial charge on any atom is 0.326 e. The molecule has 19 heavy (non-hydrogen) atoms. The molecule has 0 saturated heterocycles. The fourth-order valence-electron chi connectivity index (χ4n) is 1.88. The average Bonchev–Trinajstić information content (AvgIpc) is 2.81. The smallest absolute Gasteiger partial charge is 0.326 e. The van der Waals surface area contributed by atoms with Crippen LogP contribution in [0.3, 0.4) is 0 Å². The molecule has 5 N–H and O–H groups in total. The number of para-hydroxylation sites is 1. The standard InChI is InChI=1S/C13H14N3O3/c14-6-12(17)16-11(13(18)19)5-8-7-15-10-4-2-1-3-9(8)10/h1-4,11,15H,5-6,14H2,(H,16,17)(H,18,19). The normalized spacial score (nSPS) is 12.3. The van der Waals surface area contributed by atoms with Crippen molar-refractivity contribution in [2.45, 2.75) is 12.5 Å². The zero-order chi connectivity index (χ0) is 13.8.